The Labute approximate surface area is 110 Å². The molecule has 0 radical (unpaired) electrons. The van der Waals surface area contributed by atoms with E-state index in [-0.39, 0.29) is 0 Å². The first-order valence-electron chi connectivity index (χ1n) is 5.66. The highest BCUT2D eigenvalue weighted by atomic mass is 79.9. The molecular weight excluding hydrogens is 274 g/mol. The van der Waals surface area contributed by atoms with Crippen LogP contribution in [-0.4, -0.2) is 6.21 Å². The molecule has 0 fully saturated rings. The van der Waals surface area contributed by atoms with Crippen molar-refractivity contribution in [1.82, 2.24) is 0 Å². The minimum absolute atomic E-state index is 0.991. The highest BCUT2D eigenvalue weighted by Gasteiger charge is 1.91. The van der Waals surface area contributed by atoms with Crippen molar-refractivity contribution in [2.45, 2.75) is 13.3 Å². The third-order valence-corrected chi connectivity index (χ3v) is 3.11. The maximum Gasteiger partial charge on any atom is 0.0630 e. The van der Waals surface area contributed by atoms with E-state index in [4.69, 9.17) is 0 Å². The predicted molar refractivity (Wildman–Crippen MR) is 77.2 cm³/mol. The lowest BCUT2D eigenvalue weighted by Gasteiger charge is -1.97. The average molecular weight is 288 g/mol. The minimum atomic E-state index is 0.991. The molecule has 1 nitrogen and oxygen atoms in total. The standard InChI is InChI=1S/C15H14BrN/c1-2-12-5-9-15(10-6-12)17-11-13-3-7-14(16)8-4-13/h3-11H,2H2,1H3. The van der Waals surface area contributed by atoms with Gasteiger partial charge in [0.2, 0.25) is 0 Å². The van der Waals surface area contributed by atoms with E-state index in [9.17, 15) is 0 Å². The van der Waals surface area contributed by atoms with Crippen molar-refractivity contribution in [1.29, 1.82) is 0 Å². The molecule has 0 aliphatic rings. The number of rotatable bonds is 3. The van der Waals surface area contributed by atoms with Crippen LogP contribution in [-0.2, 0) is 6.42 Å². The molecule has 0 aliphatic carbocycles. The van der Waals surface area contributed by atoms with Crippen LogP contribution in [0.15, 0.2) is 58.0 Å². The van der Waals surface area contributed by atoms with Crippen molar-refractivity contribution >= 4 is 27.8 Å². The van der Waals surface area contributed by atoms with Gasteiger partial charge in [0.25, 0.3) is 0 Å². The molecule has 17 heavy (non-hydrogen) atoms. The Morgan fingerprint density at radius 3 is 2.24 bits per heavy atom. The van der Waals surface area contributed by atoms with E-state index in [1.165, 1.54) is 5.56 Å². The summed E-state index contributed by atoms with van der Waals surface area (Å²) >= 11 is 3.41. The first kappa shape index (κ1) is 12.1. The summed E-state index contributed by atoms with van der Waals surface area (Å²) in [5.41, 5.74) is 3.44. The SMILES string of the molecule is CCc1ccc(N=Cc2ccc(Br)cc2)cc1. The van der Waals surface area contributed by atoms with Crippen LogP contribution >= 0.6 is 15.9 Å². The van der Waals surface area contributed by atoms with Crippen LogP contribution in [0, 0.1) is 0 Å². The molecule has 2 aromatic rings. The topological polar surface area (TPSA) is 12.4 Å². The second-order valence-electron chi connectivity index (χ2n) is 3.83. The van der Waals surface area contributed by atoms with Crippen molar-refractivity contribution in [3.8, 4) is 0 Å². The van der Waals surface area contributed by atoms with Gasteiger partial charge in [-0.3, -0.25) is 4.99 Å². The Hall–Kier alpha value is -1.41. The highest BCUT2D eigenvalue weighted by Crippen LogP contribution is 2.14. The first-order chi connectivity index (χ1) is 8.28. The number of hydrogen-bond donors (Lipinski definition) is 0. The van der Waals surface area contributed by atoms with Gasteiger partial charge in [0.15, 0.2) is 0 Å². The summed E-state index contributed by atoms with van der Waals surface area (Å²) in [7, 11) is 0. The molecule has 0 heterocycles. The lowest BCUT2D eigenvalue weighted by Crippen LogP contribution is -1.80. The number of halogens is 1. The predicted octanol–water partition coefficient (Wildman–Crippen LogP) is 4.76. The Bertz CT molecular complexity index is 497. The van der Waals surface area contributed by atoms with E-state index in [2.05, 4.69) is 40.0 Å². The van der Waals surface area contributed by atoms with Crippen LogP contribution in [0.25, 0.3) is 0 Å². The van der Waals surface area contributed by atoms with Crippen molar-refractivity contribution in [2.24, 2.45) is 4.99 Å². The molecule has 2 rings (SSSR count). The van der Waals surface area contributed by atoms with Gasteiger partial charge in [-0.2, -0.15) is 0 Å². The maximum absolute atomic E-state index is 4.44. The Kier molecular flexibility index (Phi) is 4.10. The van der Waals surface area contributed by atoms with E-state index in [1.807, 2.05) is 42.6 Å². The summed E-state index contributed by atoms with van der Waals surface area (Å²) in [5.74, 6) is 0. The van der Waals surface area contributed by atoms with Crippen molar-refractivity contribution in [3.63, 3.8) is 0 Å². The summed E-state index contributed by atoms with van der Waals surface area (Å²) in [5, 5.41) is 0. The number of hydrogen-bond acceptors (Lipinski definition) is 1. The molecule has 0 saturated carbocycles. The summed E-state index contributed by atoms with van der Waals surface area (Å²) < 4.78 is 1.09. The molecule has 0 amide bonds. The molecular formula is C15H14BrN. The normalized spacial score (nSPS) is 10.9. The van der Waals surface area contributed by atoms with Gasteiger partial charge in [0.05, 0.1) is 5.69 Å². The molecule has 0 bridgehead atoms. The van der Waals surface area contributed by atoms with E-state index in [0.29, 0.717) is 0 Å². The van der Waals surface area contributed by atoms with Crippen LogP contribution in [0.4, 0.5) is 5.69 Å². The molecule has 0 atom stereocenters. The molecule has 0 aromatic heterocycles. The Morgan fingerprint density at radius 2 is 1.65 bits per heavy atom. The summed E-state index contributed by atoms with van der Waals surface area (Å²) in [6.07, 6.45) is 2.95. The fraction of sp³-hybridized carbons (Fsp3) is 0.133. The third-order valence-electron chi connectivity index (χ3n) is 2.58. The summed E-state index contributed by atoms with van der Waals surface area (Å²) in [6, 6.07) is 16.4. The molecule has 2 aromatic carbocycles. The van der Waals surface area contributed by atoms with Gasteiger partial charge >= 0.3 is 0 Å². The molecule has 86 valence electrons. The van der Waals surface area contributed by atoms with Crippen LogP contribution in [0.2, 0.25) is 0 Å². The zero-order chi connectivity index (χ0) is 12.1. The Morgan fingerprint density at radius 1 is 1.00 bits per heavy atom. The van der Waals surface area contributed by atoms with Crippen molar-refractivity contribution in [3.05, 3.63) is 64.1 Å². The van der Waals surface area contributed by atoms with Crippen LogP contribution in [0.1, 0.15) is 18.1 Å². The van der Waals surface area contributed by atoms with Crippen LogP contribution in [0.3, 0.4) is 0 Å². The van der Waals surface area contributed by atoms with E-state index in [1.54, 1.807) is 0 Å². The van der Waals surface area contributed by atoms with Gasteiger partial charge in [-0.25, -0.2) is 0 Å². The van der Waals surface area contributed by atoms with Gasteiger partial charge in [0.1, 0.15) is 0 Å². The fourth-order valence-corrected chi connectivity index (χ4v) is 1.78. The molecule has 0 unspecified atom stereocenters. The zero-order valence-electron chi connectivity index (χ0n) is 9.73. The first-order valence-corrected chi connectivity index (χ1v) is 6.46. The number of aryl methyl sites for hydroxylation is 1. The van der Waals surface area contributed by atoms with E-state index < -0.39 is 0 Å². The lowest BCUT2D eigenvalue weighted by atomic mass is 10.1. The van der Waals surface area contributed by atoms with Crippen molar-refractivity contribution < 1.29 is 0 Å². The minimum Gasteiger partial charge on any atom is -0.256 e. The van der Waals surface area contributed by atoms with E-state index in [0.717, 1.165) is 22.1 Å². The Balaban J connectivity index is 2.11. The third kappa shape index (κ3) is 3.53. The van der Waals surface area contributed by atoms with E-state index >= 15 is 0 Å². The molecule has 0 spiro atoms. The quantitative estimate of drug-likeness (QED) is 0.722. The van der Waals surface area contributed by atoms with Crippen molar-refractivity contribution in [2.75, 3.05) is 0 Å². The average Bonchev–Trinajstić information content (AvgIpc) is 2.39. The number of nitrogens with zero attached hydrogens (tertiary/aromatic N) is 1. The van der Waals surface area contributed by atoms with Gasteiger partial charge in [-0.05, 0) is 41.8 Å². The molecule has 0 aliphatic heterocycles. The van der Waals surface area contributed by atoms with Crippen LogP contribution in [0.5, 0.6) is 0 Å². The van der Waals surface area contributed by atoms with Crippen LogP contribution < -0.4 is 0 Å². The summed E-state index contributed by atoms with van der Waals surface area (Å²) in [6.45, 7) is 2.15. The monoisotopic (exact) mass is 287 g/mol. The smallest absolute Gasteiger partial charge is 0.0630 e. The zero-order valence-corrected chi connectivity index (χ0v) is 11.3. The molecule has 2 heteroatoms. The number of aliphatic imine (C=N–C) groups is 1. The fourth-order valence-electron chi connectivity index (χ4n) is 1.52. The van der Waals surface area contributed by atoms with Gasteiger partial charge < -0.3 is 0 Å². The second-order valence-corrected chi connectivity index (χ2v) is 4.75. The van der Waals surface area contributed by atoms with Gasteiger partial charge in [0, 0.05) is 10.7 Å². The van der Waals surface area contributed by atoms with Gasteiger partial charge in [-0.1, -0.05) is 47.1 Å². The van der Waals surface area contributed by atoms with Gasteiger partial charge in [-0.15, -0.1) is 0 Å². The maximum atomic E-state index is 4.44. The largest absolute Gasteiger partial charge is 0.256 e. The second kappa shape index (κ2) is 5.78. The lowest BCUT2D eigenvalue weighted by molar-refractivity contribution is 1.14. The molecule has 0 N–H and O–H groups in total. The summed E-state index contributed by atoms with van der Waals surface area (Å²) in [4.78, 5) is 4.44. The molecule has 0 saturated heterocycles. The highest BCUT2D eigenvalue weighted by molar-refractivity contribution is 9.10. The number of benzene rings is 2.